The molecule has 1 heterocycles. The third-order valence-electron chi connectivity index (χ3n) is 6.28. The van der Waals surface area contributed by atoms with E-state index in [0.29, 0.717) is 28.0 Å². The number of nitrogens with zero attached hydrogens (tertiary/aromatic N) is 1. The van der Waals surface area contributed by atoms with Crippen molar-refractivity contribution in [3.63, 3.8) is 0 Å². The van der Waals surface area contributed by atoms with Crippen molar-refractivity contribution in [2.24, 2.45) is 0 Å². The lowest BCUT2D eigenvalue weighted by molar-refractivity contribution is 0.0637. The van der Waals surface area contributed by atoms with Crippen LogP contribution in [-0.4, -0.2) is 35.9 Å². The Morgan fingerprint density at radius 1 is 0.875 bits per heavy atom. The van der Waals surface area contributed by atoms with Crippen molar-refractivity contribution in [1.82, 2.24) is 15.6 Å². The van der Waals surface area contributed by atoms with Crippen molar-refractivity contribution in [2.45, 2.75) is 97.3 Å². The van der Waals surface area contributed by atoms with Crippen molar-refractivity contribution in [1.29, 1.82) is 0 Å². The Kier molecular flexibility index (Phi) is 15.7. The monoisotopic (exact) mass is 618 g/mol. The Morgan fingerprint density at radius 3 is 2.17 bits per heavy atom. The molecule has 2 unspecified atom stereocenters. The minimum Gasteiger partial charge on any atom is -0.442 e. The predicted octanol–water partition coefficient (Wildman–Crippen LogP) is 7.88. The second kappa shape index (κ2) is 19.0. The Morgan fingerprint density at radius 2 is 1.55 bits per heavy atom. The molecule has 1 aromatic heterocycles. The number of anilines is 1. The molecule has 0 saturated heterocycles. The average Bonchev–Trinajstić information content (AvgIpc) is 2.92. The van der Waals surface area contributed by atoms with Gasteiger partial charge in [-0.05, 0) is 44.5 Å². The van der Waals surface area contributed by atoms with E-state index >= 15 is 0 Å². The van der Waals surface area contributed by atoms with E-state index in [2.05, 4.69) is 43.8 Å². The van der Waals surface area contributed by atoms with E-state index in [0.717, 1.165) is 12.8 Å². The number of hydrogen-bond acceptors (Lipinski definition) is 6. The molecular formula is C30H43BrN4O5. The molecule has 0 spiro atoms. The Balaban J connectivity index is 1.63. The Hall–Kier alpha value is -3.14. The number of unbranched alkanes of at least 4 members (excludes halogenated alkanes) is 9. The van der Waals surface area contributed by atoms with E-state index in [4.69, 9.17) is 9.47 Å². The van der Waals surface area contributed by atoms with E-state index in [1.165, 1.54) is 51.4 Å². The van der Waals surface area contributed by atoms with Crippen molar-refractivity contribution in [2.75, 3.05) is 11.9 Å². The molecule has 2 aromatic rings. The van der Waals surface area contributed by atoms with Crippen LogP contribution in [0.3, 0.4) is 0 Å². The van der Waals surface area contributed by atoms with Gasteiger partial charge in [-0.3, -0.25) is 15.1 Å². The second-order valence-corrected chi connectivity index (χ2v) is 10.6. The van der Waals surface area contributed by atoms with Gasteiger partial charge in [0, 0.05) is 28.5 Å². The molecule has 220 valence electrons. The van der Waals surface area contributed by atoms with E-state index in [1.54, 1.807) is 56.4 Å². The maximum absolute atomic E-state index is 12.3. The largest absolute Gasteiger partial charge is 0.442 e. The highest BCUT2D eigenvalue weighted by Crippen LogP contribution is 2.29. The summed E-state index contributed by atoms with van der Waals surface area (Å²) in [5, 5.41) is 8.01. The van der Waals surface area contributed by atoms with Crippen molar-refractivity contribution >= 4 is 39.7 Å². The molecule has 0 fully saturated rings. The number of aromatic nitrogens is 1. The first-order valence-electron chi connectivity index (χ1n) is 14.2. The van der Waals surface area contributed by atoms with Crippen LogP contribution in [0.25, 0.3) is 0 Å². The van der Waals surface area contributed by atoms with Crippen LogP contribution >= 0.6 is 15.9 Å². The maximum Gasteiger partial charge on any atom is 0.410 e. The number of amides is 3. The summed E-state index contributed by atoms with van der Waals surface area (Å²) in [7, 11) is 0. The molecule has 10 heteroatoms. The van der Waals surface area contributed by atoms with Gasteiger partial charge in [-0.15, -0.1) is 0 Å². The standard InChI is InChI=1S/C30H43BrN4O5/c1-4-5-6-7-8-9-10-11-12-14-20-33-29(37)40-23(3)34-30(38)39-22(2)25-18-17-24(21-26(25)31)35-28(36)27-16-13-15-19-32-27/h13,15-19,21-23H,4-12,14,20H2,1-3H3,(H,33,37)(H,34,38)(H,35,36). The minimum atomic E-state index is -0.861. The van der Waals surface area contributed by atoms with Gasteiger partial charge in [0.1, 0.15) is 11.8 Å². The third kappa shape index (κ3) is 13.3. The molecule has 40 heavy (non-hydrogen) atoms. The number of rotatable bonds is 17. The van der Waals surface area contributed by atoms with E-state index in [-0.39, 0.29) is 5.91 Å². The number of hydrogen-bond donors (Lipinski definition) is 3. The van der Waals surface area contributed by atoms with Gasteiger partial charge in [-0.1, -0.05) is 92.8 Å². The van der Waals surface area contributed by atoms with Gasteiger partial charge in [-0.25, -0.2) is 9.59 Å². The molecule has 0 radical (unpaired) electrons. The summed E-state index contributed by atoms with van der Waals surface area (Å²) >= 11 is 3.47. The topological polar surface area (TPSA) is 119 Å². The van der Waals surface area contributed by atoms with Crippen LogP contribution < -0.4 is 16.0 Å². The first-order valence-corrected chi connectivity index (χ1v) is 15.0. The average molecular weight is 620 g/mol. The van der Waals surface area contributed by atoms with E-state index in [9.17, 15) is 14.4 Å². The number of halogens is 1. The second-order valence-electron chi connectivity index (χ2n) is 9.75. The molecule has 0 aliphatic carbocycles. The number of carbonyl (C=O) groups is 3. The van der Waals surface area contributed by atoms with Crippen LogP contribution in [0.15, 0.2) is 47.1 Å². The number of benzene rings is 1. The van der Waals surface area contributed by atoms with Gasteiger partial charge in [-0.2, -0.15) is 0 Å². The van der Waals surface area contributed by atoms with Gasteiger partial charge in [0.05, 0.1) is 0 Å². The summed E-state index contributed by atoms with van der Waals surface area (Å²) in [6.45, 7) is 6.04. The molecule has 3 amide bonds. The number of alkyl carbamates (subject to hydrolysis) is 2. The molecule has 3 N–H and O–H groups in total. The number of pyridine rings is 1. The van der Waals surface area contributed by atoms with Crippen LogP contribution in [0.2, 0.25) is 0 Å². The van der Waals surface area contributed by atoms with Crippen LogP contribution in [0.1, 0.15) is 107 Å². The molecular weight excluding hydrogens is 576 g/mol. The molecule has 0 bridgehead atoms. The van der Waals surface area contributed by atoms with Gasteiger partial charge in [0.25, 0.3) is 5.91 Å². The van der Waals surface area contributed by atoms with Crippen LogP contribution in [0.4, 0.5) is 15.3 Å². The Bertz CT molecular complexity index is 1050. The normalized spacial score (nSPS) is 12.2. The Labute approximate surface area is 246 Å². The van der Waals surface area contributed by atoms with Crippen LogP contribution in [0, 0.1) is 0 Å². The minimum absolute atomic E-state index is 0.305. The number of nitrogens with one attached hydrogen (secondary N) is 3. The summed E-state index contributed by atoms with van der Waals surface area (Å²) in [5.74, 6) is -0.328. The number of carbonyl (C=O) groups excluding carboxylic acids is 3. The fourth-order valence-electron chi connectivity index (χ4n) is 4.09. The molecule has 1 aromatic carbocycles. The molecule has 0 aliphatic rings. The molecule has 2 rings (SSSR count). The van der Waals surface area contributed by atoms with Gasteiger partial charge in [0.2, 0.25) is 0 Å². The summed E-state index contributed by atoms with van der Waals surface area (Å²) < 4.78 is 11.3. The van der Waals surface area contributed by atoms with Crippen LogP contribution in [0.5, 0.6) is 0 Å². The van der Waals surface area contributed by atoms with Gasteiger partial charge >= 0.3 is 12.2 Å². The maximum atomic E-state index is 12.3. The zero-order valence-electron chi connectivity index (χ0n) is 23.8. The number of ether oxygens (including phenoxy) is 2. The quantitative estimate of drug-likeness (QED) is 0.122. The molecule has 0 aliphatic heterocycles. The fourth-order valence-corrected chi connectivity index (χ4v) is 4.79. The smallest absolute Gasteiger partial charge is 0.410 e. The highest BCUT2D eigenvalue weighted by atomic mass is 79.9. The predicted molar refractivity (Wildman–Crippen MR) is 160 cm³/mol. The molecule has 2 atom stereocenters. The van der Waals surface area contributed by atoms with Crippen LogP contribution in [-0.2, 0) is 9.47 Å². The highest BCUT2D eigenvalue weighted by molar-refractivity contribution is 9.10. The fraction of sp³-hybridized carbons (Fsp3) is 0.533. The van der Waals surface area contributed by atoms with Gasteiger partial charge < -0.3 is 20.1 Å². The molecule has 0 saturated carbocycles. The summed E-state index contributed by atoms with van der Waals surface area (Å²) in [6.07, 6.45) is 11.0. The first-order chi connectivity index (χ1) is 19.3. The lowest BCUT2D eigenvalue weighted by atomic mass is 10.1. The lowest BCUT2D eigenvalue weighted by Gasteiger charge is -2.19. The zero-order chi connectivity index (χ0) is 29.2. The third-order valence-corrected chi connectivity index (χ3v) is 6.97. The first kappa shape index (κ1) is 33.1. The summed E-state index contributed by atoms with van der Waals surface area (Å²) in [4.78, 5) is 40.7. The summed E-state index contributed by atoms with van der Waals surface area (Å²) in [5.41, 5.74) is 1.57. The zero-order valence-corrected chi connectivity index (χ0v) is 25.4. The van der Waals surface area contributed by atoms with E-state index in [1.807, 2.05) is 0 Å². The van der Waals surface area contributed by atoms with Crippen molar-refractivity contribution < 1.29 is 23.9 Å². The van der Waals surface area contributed by atoms with Crippen molar-refractivity contribution in [3.8, 4) is 0 Å². The lowest BCUT2D eigenvalue weighted by Crippen LogP contribution is -2.39. The van der Waals surface area contributed by atoms with E-state index < -0.39 is 24.5 Å². The van der Waals surface area contributed by atoms with Crippen molar-refractivity contribution in [3.05, 3.63) is 58.3 Å². The summed E-state index contributed by atoms with van der Waals surface area (Å²) in [6, 6.07) is 10.3. The molecule has 9 nitrogen and oxygen atoms in total. The SMILES string of the molecule is CCCCCCCCCCCCNC(=O)OC(C)NC(=O)OC(C)c1ccc(NC(=O)c2ccccn2)cc1Br. The van der Waals surface area contributed by atoms with Gasteiger partial charge in [0.15, 0.2) is 6.23 Å². The highest BCUT2D eigenvalue weighted by Gasteiger charge is 2.18.